The van der Waals surface area contributed by atoms with E-state index < -0.39 is 0 Å². The van der Waals surface area contributed by atoms with Gasteiger partial charge in [-0.25, -0.2) is 0 Å². The minimum Gasteiger partial charge on any atom is -0.0986 e. The minimum absolute atomic E-state index is 0.0445. The second-order valence-corrected chi connectivity index (χ2v) is 5.36. The van der Waals surface area contributed by atoms with Crippen LogP contribution in [0.4, 0.5) is 0 Å². The third kappa shape index (κ3) is 1.67. The molecule has 1 unspecified atom stereocenters. The zero-order chi connectivity index (χ0) is 11.8. The highest BCUT2D eigenvalue weighted by Gasteiger charge is 2.60. The molecule has 2 rings (SSSR count). The Kier molecular flexibility index (Phi) is 2.43. The van der Waals surface area contributed by atoms with Gasteiger partial charge in [0.15, 0.2) is 0 Å². The van der Waals surface area contributed by atoms with Crippen molar-refractivity contribution in [1.29, 1.82) is 0 Å². The predicted octanol–water partition coefficient (Wildman–Crippen LogP) is 4.03. The van der Waals surface area contributed by atoms with Crippen molar-refractivity contribution in [3.05, 3.63) is 48.0 Å². The Balaban J connectivity index is 2.29. The van der Waals surface area contributed by atoms with E-state index >= 15 is 0 Å². The number of rotatable bonds is 1. The summed E-state index contributed by atoms with van der Waals surface area (Å²) in [5.74, 6) is 6.70. The van der Waals surface area contributed by atoms with Crippen LogP contribution in [0.15, 0.2) is 42.5 Å². The van der Waals surface area contributed by atoms with Crippen molar-refractivity contribution in [2.75, 3.05) is 0 Å². The Morgan fingerprint density at radius 1 is 1.25 bits per heavy atom. The van der Waals surface area contributed by atoms with Gasteiger partial charge in [0, 0.05) is 5.56 Å². The summed E-state index contributed by atoms with van der Waals surface area (Å²) in [7, 11) is 0. The van der Waals surface area contributed by atoms with E-state index in [2.05, 4.69) is 51.3 Å². The van der Waals surface area contributed by atoms with Gasteiger partial charge in [0.05, 0.1) is 5.41 Å². The third-order valence-electron chi connectivity index (χ3n) is 3.66. The SMILES string of the molecule is C=C(C)C1(C#Cc2ccccc2)CC1(C)C. The van der Waals surface area contributed by atoms with Gasteiger partial charge in [-0.15, -0.1) is 0 Å². The molecule has 1 atom stereocenters. The molecule has 0 aromatic heterocycles. The molecule has 0 N–H and O–H groups in total. The Hall–Kier alpha value is -1.48. The van der Waals surface area contributed by atoms with Crippen LogP contribution in [-0.2, 0) is 0 Å². The monoisotopic (exact) mass is 210 g/mol. The summed E-state index contributed by atoms with van der Waals surface area (Å²) in [6, 6.07) is 10.2. The van der Waals surface area contributed by atoms with Crippen molar-refractivity contribution < 1.29 is 0 Å². The fourth-order valence-electron chi connectivity index (χ4n) is 2.37. The molecule has 1 saturated carbocycles. The first kappa shape index (κ1) is 11.0. The van der Waals surface area contributed by atoms with E-state index in [-0.39, 0.29) is 5.41 Å². The normalized spacial score (nSPS) is 25.4. The number of hydrogen-bond acceptors (Lipinski definition) is 0. The van der Waals surface area contributed by atoms with Gasteiger partial charge in [0.1, 0.15) is 0 Å². The van der Waals surface area contributed by atoms with E-state index in [1.165, 1.54) is 5.57 Å². The topological polar surface area (TPSA) is 0 Å². The first-order valence-corrected chi connectivity index (χ1v) is 5.72. The minimum atomic E-state index is 0.0445. The zero-order valence-corrected chi connectivity index (χ0v) is 10.3. The van der Waals surface area contributed by atoms with Crippen LogP contribution in [0.25, 0.3) is 0 Å². The van der Waals surface area contributed by atoms with Crippen molar-refractivity contribution in [2.24, 2.45) is 10.8 Å². The van der Waals surface area contributed by atoms with Crippen LogP contribution >= 0.6 is 0 Å². The summed E-state index contributed by atoms with van der Waals surface area (Å²) >= 11 is 0. The maximum atomic E-state index is 4.09. The lowest BCUT2D eigenvalue weighted by molar-refractivity contribution is 0.536. The first-order valence-electron chi connectivity index (χ1n) is 5.72. The standard InChI is InChI=1S/C16H18/c1-13(2)16(12-15(16,3)4)11-10-14-8-6-5-7-9-14/h5-9H,1,12H2,2-4H3. The average molecular weight is 210 g/mol. The molecule has 1 aromatic rings. The smallest absolute Gasteiger partial charge is 0.0578 e. The first-order chi connectivity index (χ1) is 7.48. The van der Waals surface area contributed by atoms with E-state index in [9.17, 15) is 0 Å². The molecule has 1 aliphatic carbocycles. The van der Waals surface area contributed by atoms with Gasteiger partial charge in [-0.2, -0.15) is 0 Å². The fourth-order valence-corrected chi connectivity index (χ4v) is 2.37. The van der Waals surface area contributed by atoms with Crippen LogP contribution in [0, 0.1) is 22.7 Å². The molecule has 82 valence electrons. The van der Waals surface area contributed by atoms with Crippen molar-refractivity contribution in [1.82, 2.24) is 0 Å². The summed E-state index contributed by atoms with van der Waals surface area (Å²) in [5.41, 5.74) is 2.62. The van der Waals surface area contributed by atoms with E-state index in [1.54, 1.807) is 0 Å². The summed E-state index contributed by atoms with van der Waals surface area (Å²) in [6.45, 7) is 10.7. The summed E-state index contributed by atoms with van der Waals surface area (Å²) < 4.78 is 0. The number of hydrogen-bond donors (Lipinski definition) is 0. The Labute approximate surface area is 98.4 Å². The van der Waals surface area contributed by atoms with E-state index in [4.69, 9.17) is 0 Å². The highest BCUT2D eigenvalue weighted by molar-refractivity contribution is 5.44. The van der Waals surface area contributed by atoms with Gasteiger partial charge in [-0.1, -0.05) is 56.0 Å². The quantitative estimate of drug-likeness (QED) is 0.485. The molecular weight excluding hydrogens is 192 g/mol. The molecular formula is C16H18. The van der Waals surface area contributed by atoms with Crippen LogP contribution in [0.5, 0.6) is 0 Å². The van der Waals surface area contributed by atoms with Crippen LogP contribution in [0.1, 0.15) is 32.8 Å². The van der Waals surface area contributed by atoms with E-state index in [0.717, 1.165) is 12.0 Å². The molecule has 0 saturated heterocycles. The maximum Gasteiger partial charge on any atom is 0.0578 e. The largest absolute Gasteiger partial charge is 0.0986 e. The molecule has 0 nitrogen and oxygen atoms in total. The summed E-state index contributed by atoms with van der Waals surface area (Å²) in [6.07, 6.45) is 1.13. The second-order valence-electron chi connectivity index (χ2n) is 5.36. The van der Waals surface area contributed by atoms with Crippen LogP contribution in [0.2, 0.25) is 0 Å². The lowest BCUT2D eigenvalue weighted by Crippen LogP contribution is -2.07. The molecule has 0 radical (unpaired) electrons. The summed E-state index contributed by atoms with van der Waals surface area (Å²) in [5, 5.41) is 0. The molecule has 1 fully saturated rings. The number of benzene rings is 1. The number of allylic oxidation sites excluding steroid dienone is 1. The van der Waals surface area contributed by atoms with Crippen molar-refractivity contribution in [2.45, 2.75) is 27.2 Å². The molecule has 0 aliphatic heterocycles. The molecule has 1 aromatic carbocycles. The molecule has 0 bridgehead atoms. The molecule has 16 heavy (non-hydrogen) atoms. The predicted molar refractivity (Wildman–Crippen MR) is 69.0 cm³/mol. The highest BCUT2D eigenvalue weighted by atomic mass is 14.6. The van der Waals surface area contributed by atoms with Crippen LogP contribution in [-0.4, -0.2) is 0 Å². The van der Waals surface area contributed by atoms with Crippen molar-refractivity contribution in [3.63, 3.8) is 0 Å². The average Bonchev–Trinajstić information content (AvgIpc) is 2.81. The van der Waals surface area contributed by atoms with Gasteiger partial charge in [0.2, 0.25) is 0 Å². The Morgan fingerprint density at radius 3 is 2.25 bits per heavy atom. The maximum absolute atomic E-state index is 4.09. The molecule has 0 heterocycles. The van der Waals surface area contributed by atoms with Crippen LogP contribution in [0.3, 0.4) is 0 Å². The van der Waals surface area contributed by atoms with Crippen LogP contribution < -0.4 is 0 Å². The third-order valence-corrected chi connectivity index (χ3v) is 3.66. The van der Waals surface area contributed by atoms with Crippen molar-refractivity contribution in [3.8, 4) is 11.8 Å². The molecule has 1 aliphatic rings. The van der Waals surface area contributed by atoms with Gasteiger partial charge in [-0.05, 0) is 30.9 Å². The second kappa shape index (κ2) is 3.52. The zero-order valence-electron chi connectivity index (χ0n) is 10.3. The van der Waals surface area contributed by atoms with Gasteiger partial charge in [0.25, 0.3) is 0 Å². The van der Waals surface area contributed by atoms with E-state index in [1.807, 2.05) is 18.2 Å². The van der Waals surface area contributed by atoms with Gasteiger partial charge >= 0.3 is 0 Å². The van der Waals surface area contributed by atoms with Gasteiger partial charge < -0.3 is 0 Å². The lowest BCUT2D eigenvalue weighted by Gasteiger charge is -2.13. The van der Waals surface area contributed by atoms with Gasteiger partial charge in [-0.3, -0.25) is 0 Å². The highest BCUT2D eigenvalue weighted by Crippen LogP contribution is 2.66. The van der Waals surface area contributed by atoms with E-state index in [0.29, 0.717) is 5.41 Å². The summed E-state index contributed by atoms with van der Waals surface area (Å²) in [4.78, 5) is 0. The fraction of sp³-hybridized carbons (Fsp3) is 0.375. The molecule has 0 amide bonds. The Bertz CT molecular complexity index is 468. The molecule has 0 spiro atoms. The van der Waals surface area contributed by atoms with Crippen molar-refractivity contribution >= 4 is 0 Å². The molecule has 0 heteroatoms. The lowest BCUT2D eigenvalue weighted by atomic mass is 9.90. The Morgan fingerprint density at radius 2 is 1.81 bits per heavy atom.